The van der Waals surface area contributed by atoms with Crippen LogP contribution in [0.25, 0.3) is 0 Å². The van der Waals surface area contributed by atoms with Crippen molar-refractivity contribution >= 4 is 21.6 Å². The Morgan fingerprint density at radius 3 is 2.57 bits per heavy atom. The molecule has 1 fully saturated rings. The number of anilines is 1. The highest BCUT2D eigenvalue weighted by Gasteiger charge is 2.36. The van der Waals surface area contributed by atoms with Crippen LogP contribution in [0.2, 0.25) is 0 Å². The average Bonchev–Trinajstić information content (AvgIpc) is 3.05. The number of hydrogen-bond donors (Lipinski definition) is 1. The van der Waals surface area contributed by atoms with Gasteiger partial charge in [0.25, 0.3) is 15.9 Å². The predicted octanol–water partition coefficient (Wildman–Crippen LogP) is 3.89. The van der Waals surface area contributed by atoms with E-state index in [-0.39, 0.29) is 22.9 Å². The Balaban J connectivity index is 1.61. The Kier molecular flexibility index (Phi) is 5.15. The van der Waals surface area contributed by atoms with Gasteiger partial charge in [0.1, 0.15) is 0 Å². The van der Waals surface area contributed by atoms with Gasteiger partial charge in [-0.25, -0.2) is 8.42 Å². The molecule has 6 heteroatoms. The maximum absolute atomic E-state index is 13.4. The Labute approximate surface area is 166 Å². The SMILES string of the molecule is CC1Cc2ccccc2N1S(=O)(=O)c1cccc(C(=O)NC2CCCCC2)c1. The number of carbonyl (C=O) groups is 1. The minimum absolute atomic E-state index is 0.151. The van der Waals surface area contributed by atoms with Crippen LogP contribution in [0.4, 0.5) is 5.69 Å². The first kappa shape index (κ1) is 19.0. The number of benzene rings is 2. The van der Waals surface area contributed by atoms with Gasteiger partial charge in [-0.15, -0.1) is 0 Å². The third-order valence-electron chi connectivity index (χ3n) is 5.74. The maximum Gasteiger partial charge on any atom is 0.264 e. The van der Waals surface area contributed by atoms with Crippen molar-refractivity contribution in [1.82, 2.24) is 5.32 Å². The summed E-state index contributed by atoms with van der Waals surface area (Å²) in [6, 6.07) is 14.0. The molecule has 4 rings (SSSR count). The number of para-hydroxylation sites is 1. The van der Waals surface area contributed by atoms with Crippen molar-refractivity contribution in [2.24, 2.45) is 0 Å². The van der Waals surface area contributed by atoms with Gasteiger partial charge in [0.15, 0.2) is 0 Å². The lowest BCUT2D eigenvalue weighted by Gasteiger charge is -2.25. The molecule has 1 aliphatic carbocycles. The standard InChI is InChI=1S/C22H26N2O3S/c1-16-14-17-8-5-6-13-21(17)24(16)28(26,27)20-12-7-9-18(15-20)22(25)23-19-10-3-2-4-11-19/h5-9,12-13,15-16,19H,2-4,10-11,14H2,1H3,(H,23,25). The van der Waals surface area contributed by atoms with Gasteiger partial charge < -0.3 is 5.32 Å². The number of carbonyl (C=O) groups excluding carboxylic acids is 1. The highest BCUT2D eigenvalue weighted by molar-refractivity contribution is 7.92. The first-order valence-corrected chi connectivity index (χ1v) is 11.4. The topological polar surface area (TPSA) is 66.5 Å². The zero-order chi connectivity index (χ0) is 19.7. The third kappa shape index (κ3) is 3.53. The lowest BCUT2D eigenvalue weighted by molar-refractivity contribution is 0.0927. The lowest BCUT2D eigenvalue weighted by Crippen LogP contribution is -2.37. The third-order valence-corrected chi connectivity index (χ3v) is 7.66. The van der Waals surface area contributed by atoms with Crippen LogP contribution in [-0.2, 0) is 16.4 Å². The molecule has 1 saturated carbocycles. The second-order valence-electron chi connectivity index (χ2n) is 7.82. The summed E-state index contributed by atoms with van der Waals surface area (Å²) >= 11 is 0. The van der Waals surface area contributed by atoms with Gasteiger partial charge in [-0.1, -0.05) is 43.5 Å². The fraction of sp³-hybridized carbons (Fsp3) is 0.409. The molecule has 2 aromatic rings. The first-order valence-electron chi connectivity index (χ1n) is 10.00. The number of nitrogens with one attached hydrogen (secondary N) is 1. The van der Waals surface area contributed by atoms with E-state index < -0.39 is 10.0 Å². The summed E-state index contributed by atoms with van der Waals surface area (Å²) in [7, 11) is -3.74. The van der Waals surface area contributed by atoms with Crippen molar-refractivity contribution in [3.63, 3.8) is 0 Å². The van der Waals surface area contributed by atoms with E-state index in [4.69, 9.17) is 0 Å². The fourth-order valence-corrected chi connectivity index (χ4v) is 6.07. The zero-order valence-electron chi connectivity index (χ0n) is 16.1. The van der Waals surface area contributed by atoms with E-state index in [0.717, 1.165) is 36.9 Å². The molecule has 1 unspecified atom stereocenters. The van der Waals surface area contributed by atoms with Gasteiger partial charge in [0, 0.05) is 17.6 Å². The highest BCUT2D eigenvalue weighted by Crippen LogP contribution is 2.36. The van der Waals surface area contributed by atoms with Crippen LogP contribution in [-0.4, -0.2) is 26.4 Å². The number of amides is 1. The number of fused-ring (bicyclic) bond motifs is 1. The number of nitrogens with zero attached hydrogens (tertiary/aromatic N) is 1. The highest BCUT2D eigenvalue weighted by atomic mass is 32.2. The molecule has 1 aliphatic heterocycles. The Bertz CT molecular complexity index is 981. The summed E-state index contributed by atoms with van der Waals surface area (Å²) in [5, 5.41) is 3.06. The first-order chi connectivity index (χ1) is 13.5. The predicted molar refractivity (Wildman–Crippen MR) is 110 cm³/mol. The van der Waals surface area contributed by atoms with Crippen molar-refractivity contribution in [2.75, 3.05) is 4.31 Å². The Morgan fingerprint density at radius 1 is 1.04 bits per heavy atom. The molecule has 2 aromatic carbocycles. The fourth-order valence-electron chi connectivity index (χ4n) is 4.33. The minimum Gasteiger partial charge on any atom is -0.349 e. The molecule has 0 aromatic heterocycles. The average molecular weight is 399 g/mol. The summed E-state index contributed by atoms with van der Waals surface area (Å²) in [6.45, 7) is 1.91. The summed E-state index contributed by atoms with van der Waals surface area (Å²) in [5.41, 5.74) is 2.16. The molecule has 0 saturated heterocycles. The van der Waals surface area contributed by atoms with Gasteiger partial charge in [-0.3, -0.25) is 9.10 Å². The molecule has 2 aliphatic rings. The molecule has 5 nitrogen and oxygen atoms in total. The molecular formula is C22H26N2O3S. The van der Waals surface area contributed by atoms with E-state index in [1.807, 2.05) is 31.2 Å². The van der Waals surface area contributed by atoms with Crippen molar-refractivity contribution < 1.29 is 13.2 Å². The van der Waals surface area contributed by atoms with Crippen LogP contribution in [0, 0.1) is 0 Å². The van der Waals surface area contributed by atoms with E-state index in [1.165, 1.54) is 16.8 Å². The van der Waals surface area contributed by atoms with E-state index in [1.54, 1.807) is 18.2 Å². The lowest BCUT2D eigenvalue weighted by atomic mass is 9.95. The smallest absolute Gasteiger partial charge is 0.264 e. The second kappa shape index (κ2) is 7.59. The van der Waals surface area contributed by atoms with Crippen molar-refractivity contribution in [3.8, 4) is 0 Å². The molecule has 0 radical (unpaired) electrons. The van der Waals surface area contributed by atoms with Gasteiger partial charge in [-0.05, 0) is 56.0 Å². The van der Waals surface area contributed by atoms with Crippen molar-refractivity contribution in [1.29, 1.82) is 0 Å². The zero-order valence-corrected chi connectivity index (χ0v) is 16.9. The van der Waals surface area contributed by atoms with E-state index >= 15 is 0 Å². The molecule has 0 spiro atoms. The Morgan fingerprint density at radius 2 is 1.79 bits per heavy atom. The van der Waals surface area contributed by atoms with Gasteiger partial charge in [0.2, 0.25) is 0 Å². The van der Waals surface area contributed by atoms with Crippen LogP contribution in [0.3, 0.4) is 0 Å². The number of rotatable bonds is 4. The maximum atomic E-state index is 13.4. The molecule has 148 valence electrons. The normalized spacial score (nSPS) is 20.0. The van der Waals surface area contributed by atoms with Gasteiger partial charge in [-0.2, -0.15) is 0 Å². The Hall–Kier alpha value is -2.34. The monoisotopic (exact) mass is 398 g/mol. The van der Waals surface area contributed by atoms with Crippen molar-refractivity contribution in [3.05, 3.63) is 59.7 Å². The quantitative estimate of drug-likeness (QED) is 0.850. The van der Waals surface area contributed by atoms with Crippen LogP contribution < -0.4 is 9.62 Å². The molecule has 1 amide bonds. The molecule has 1 atom stereocenters. The number of hydrogen-bond acceptors (Lipinski definition) is 3. The summed E-state index contributed by atoms with van der Waals surface area (Å²) in [4.78, 5) is 12.8. The number of sulfonamides is 1. The van der Waals surface area contributed by atoms with Crippen LogP contribution in [0.5, 0.6) is 0 Å². The van der Waals surface area contributed by atoms with Gasteiger partial charge >= 0.3 is 0 Å². The molecule has 0 bridgehead atoms. The van der Waals surface area contributed by atoms with Crippen LogP contribution >= 0.6 is 0 Å². The molecule has 1 N–H and O–H groups in total. The van der Waals surface area contributed by atoms with Crippen LogP contribution in [0.15, 0.2) is 53.4 Å². The minimum atomic E-state index is -3.74. The largest absolute Gasteiger partial charge is 0.349 e. The molecular weight excluding hydrogens is 372 g/mol. The van der Waals surface area contributed by atoms with E-state index in [0.29, 0.717) is 12.0 Å². The molecule has 1 heterocycles. The van der Waals surface area contributed by atoms with E-state index in [2.05, 4.69) is 5.32 Å². The van der Waals surface area contributed by atoms with Crippen LogP contribution in [0.1, 0.15) is 54.9 Å². The second-order valence-corrected chi connectivity index (χ2v) is 9.63. The molecule has 28 heavy (non-hydrogen) atoms. The van der Waals surface area contributed by atoms with Crippen molar-refractivity contribution in [2.45, 2.75) is 62.4 Å². The summed E-state index contributed by atoms with van der Waals surface area (Å²) < 4.78 is 28.2. The van der Waals surface area contributed by atoms with E-state index in [9.17, 15) is 13.2 Å². The summed E-state index contributed by atoms with van der Waals surface area (Å²) in [6.07, 6.45) is 6.15. The van der Waals surface area contributed by atoms with Gasteiger partial charge in [0.05, 0.1) is 10.6 Å². The summed E-state index contributed by atoms with van der Waals surface area (Å²) in [5.74, 6) is -0.196.